The van der Waals surface area contributed by atoms with Crippen LogP contribution in [0.5, 0.6) is 0 Å². The van der Waals surface area contributed by atoms with Gasteiger partial charge in [0.15, 0.2) is 0 Å². The molecule has 0 aliphatic rings. The van der Waals surface area contributed by atoms with E-state index < -0.39 is 0 Å². The van der Waals surface area contributed by atoms with E-state index in [1.165, 1.54) is 6.07 Å². The van der Waals surface area contributed by atoms with Gasteiger partial charge in [-0.05, 0) is 31.5 Å². The summed E-state index contributed by atoms with van der Waals surface area (Å²) in [5.41, 5.74) is 3.13. The van der Waals surface area contributed by atoms with E-state index in [1.807, 2.05) is 26.0 Å². The molecule has 0 fully saturated rings. The smallest absolute Gasteiger partial charge is 0.149 e. The molecule has 1 nitrogen and oxygen atoms in total. The van der Waals surface area contributed by atoms with E-state index in [0.717, 1.165) is 22.2 Å². The van der Waals surface area contributed by atoms with E-state index in [1.54, 1.807) is 6.07 Å². The van der Waals surface area contributed by atoms with Gasteiger partial charge in [0.2, 0.25) is 0 Å². The molecule has 0 atom stereocenters. The number of pyridine rings is 1. The van der Waals surface area contributed by atoms with Gasteiger partial charge in [-0.15, -0.1) is 0 Å². The van der Waals surface area contributed by atoms with E-state index in [2.05, 4.69) is 11.6 Å². The van der Waals surface area contributed by atoms with E-state index in [-0.39, 0.29) is 5.82 Å². The number of halogens is 1. The van der Waals surface area contributed by atoms with E-state index in [9.17, 15) is 4.39 Å². The second-order valence-electron chi connectivity index (χ2n) is 3.73. The Morgan fingerprint density at radius 2 is 2.13 bits per heavy atom. The Morgan fingerprint density at radius 1 is 1.40 bits per heavy atom. The molecule has 2 aromatic rings. The van der Waals surface area contributed by atoms with Crippen molar-refractivity contribution < 1.29 is 4.39 Å². The first-order valence-electron chi connectivity index (χ1n) is 4.81. The van der Waals surface area contributed by atoms with Crippen molar-refractivity contribution >= 4 is 16.5 Å². The highest BCUT2D eigenvalue weighted by atomic mass is 19.1. The van der Waals surface area contributed by atoms with Crippen molar-refractivity contribution in [3.05, 3.63) is 47.9 Å². The first kappa shape index (κ1) is 9.84. The van der Waals surface area contributed by atoms with Crippen molar-refractivity contribution in [2.75, 3.05) is 0 Å². The molecule has 2 heteroatoms. The maximum atomic E-state index is 13.5. The van der Waals surface area contributed by atoms with Crippen molar-refractivity contribution in [3.63, 3.8) is 0 Å². The third-order valence-electron chi connectivity index (χ3n) is 2.38. The first-order chi connectivity index (χ1) is 7.09. The molecule has 15 heavy (non-hydrogen) atoms. The minimum atomic E-state index is -0.279. The second-order valence-corrected chi connectivity index (χ2v) is 3.73. The number of nitrogens with zero attached hydrogens (tertiary/aromatic N) is 1. The number of para-hydroxylation sites is 1. The van der Waals surface area contributed by atoms with Gasteiger partial charge in [0.1, 0.15) is 11.3 Å². The van der Waals surface area contributed by atoms with E-state index in [4.69, 9.17) is 0 Å². The molecule has 0 aliphatic heterocycles. The van der Waals surface area contributed by atoms with Gasteiger partial charge in [-0.25, -0.2) is 4.39 Å². The van der Waals surface area contributed by atoms with Crippen molar-refractivity contribution in [3.8, 4) is 0 Å². The molecule has 76 valence electrons. The molecule has 0 bridgehead atoms. The summed E-state index contributed by atoms with van der Waals surface area (Å²) in [5.74, 6) is -0.279. The molecule has 0 amide bonds. The predicted octanol–water partition coefficient (Wildman–Crippen LogP) is 3.72. The molecule has 0 saturated carbocycles. The molecule has 0 N–H and O–H groups in total. The van der Waals surface area contributed by atoms with Crippen LogP contribution in [0.2, 0.25) is 0 Å². The molecule has 0 spiro atoms. The fourth-order valence-corrected chi connectivity index (χ4v) is 1.69. The summed E-state index contributed by atoms with van der Waals surface area (Å²) < 4.78 is 13.5. The lowest BCUT2D eigenvalue weighted by Crippen LogP contribution is -1.92. The number of rotatable bonds is 1. The quantitative estimate of drug-likeness (QED) is 0.685. The molecular weight excluding hydrogens is 189 g/mol. The van der Waals surface area contributed by atoms with Crippen LogP contribution in [0, 0.1) is 12.7 Å². The van der Waals surface area contributed by atoms with Gasteiger partial charge >= 0.3 is 0 Å². The topological polar surface area (TPSA) is 12.9 Å². The number of aromatic nitrogens is 1. The third kappa shape index (κ3) is 1.63. The van der Waals surface area contributed by atoms with Gasteiger partial charge in [-0.3, -0.25) is 4.98 Å². The van der Waals surface area contributed by atoms with E-state index >= 15 is 0 Å². The maximum Gasteiger partial charge on any atom is 0.149 e. The normalized spacial score (nSPS) is 10.6. The van der Waals surface area contributed by atoms with Crippen molar-refractivity contribution in [1.82, 2.24) is 4.98 Å². The zero-order valence-electron chi connectivity index (χ0n) is 8.84. The number of allylic oxidation sites excluding steroid dienone is 1. The van der Waals surface area contributed by atoms with Crippen molar-refractivity contribution in [1.29, 1.82) is 0 Å². The lowest BCUT2D eigenvalue weighted by atomic mass is 10.0. The fourth-order valence-electron chi connectivity index (χ4n) is 1.69. The Morgan fingerprint density at radius 3 is 2.80 bits per heavy atom. The standard InChI is InChI=1S/C13H12FN/c1-8(2)11-7-9(3)15-13-10(11)5-4-6-12(13)14/h4-7H,1H2,2-3H3. The summed E-state index contributed by atoms with van der Waals surface area (Å²) in [6.45, 7) is 7.67. The molecule has 0 saturated heterocycles. The Bertz CT molecular complexity index is 543. The van der Waals surface area contributed by atoms with E-state index in [0.29, 0.717) is 5.52 Å². The van der Waals surface area contributed by atoms with Crippen molar-refractivity contribution in [2.45, 2.75) is 13.8 Å². The van der Waals surface area contributed by atoms with Gasteiger partial charge in [-0.2, -0.15) is 0 Å². The van der Waals surface area contributed by atoms with Gasteiger partial charge < -0.3 is 0 Å². The van der Waals surface area contributed by atoms with Gasteiger partial charge in [0.05, 0.1) is 0 Å². The summed E-state index contributed by atoms with van der Waals surface area (Å²) in [6, 6.07) is 6.93. The highest BCUT2D eigenvalue weighted by molar-refractivity contribution is 5.91. The minimum absolute atomic E-state index is 0.279. The summed E-state index contributed by atoms with van der Waals surface area (Å²) in [6.07, 6.45) is 0. The average molecular weight is 201 g/mol. The van der Waals surface area contributed by atoms with Crippen molar-refractivity contribution in [2.24, 2.45) is 0 Å². The average Bonchev–Trinajstić information content (AvgIpc) is 2.18. The Hall–Kier alpha value is -1.70. The SMILES string of the molecule is C=C(C)c1cc(C)nc2c(F)cccc12. The van der Waals surface area contributed by atoms with Crippen LogP contribution in [0.25, 0.3) is 16.5 Å². The van der Waals surface area contributed by atoms with Crippen LogP contribution >= 0.6 is 0 Å². The highest BCUT2D eigenvalue weighted by Gasteiger charge is 2.07. The Balaban J connectivity index is 2.92. The molecule has 0 aliphatic carbocycles. The zero-order valence-corrected chi connectivity index (χ0v) is 8.84. The van der Waals surface area contributed by atoms with Crippen LogP contribution in [-0.2, 0) is 0 Å². The number of aryl methyl sites for hydroxylation is 1. The third-order valence-corrected chi connectivity index (χ3v) is 2.38. The van der Waals surface area contributed by atoms with Gasteiger partial charge in [-0.1, -0.05) is 24.3 Å². The van der Waals surface area contributed by atoms with Gasteiger partial charge in [0, 0.05) is 11.1 Å². The Kier molecular flexibility index (Phi) is 2.27. The van der Waals surface area contributed by atoms with Crippen LogP contribution in [0.3, 0.4) is 0 Å². The van der Waals surface area contributed by atoms with Crippen LogP contribution in [0.15, 0.2) is 30.8 Å². The fraction of sp³-hybridized carbons (Fsp3) is 0.154. The molecule has 1 heterocycles. The summed E-state index contributed by atoms with van der Waals surface area (Å²) >= 11 is 0. The highest BCUT2D eigenvalue weighted by Crippen LogP contribution is 2.25. The van der Waals surface area contributed by atoms with Crippen LogP contribution < -0.4 is 0 Å². The van der Waals surface area contributed by atoms with Crippen LogP contribution in [-0.4, -0.2) is 4.98 Å². The lowest BCUT2D eigenvalue weighted by molar-refractivity contribution is 0.636. The monoisotopic (exact) mass is 201 g/mol. The zero-order chi connectivity index (χ0) is 11.0. The van der Waals surface area contributed by atoms with Crippen LogP contribution in [0.4, 0.5) is 4.39 Å². The molecular formula is C13H12FN. The summed E-state index contributed by atoms with van der Waals surface area (Å²) in [4.78, 5) is 4.20. The first-order valence-corrected chi connectivity index (χ1v) is 4.81. The second kappa shape index (κ2) is 3.46. The minimum Gasteiger partial charge on any atom is -0.250 e. The number of fused-ring (bicyclic) bond motifs is 1. The molecule has 0 radical (unpaired) electrons. The number of benzene rings is 1. The largest absolute Gasteiger partial charge is 0.250 e. The Labute approximate surface area is 88.3 Å². The van der Waals surface area contributed by atoms with Crippen LogP contribution in [0.1, 0.15) is 18.2 Å². The molecule has 1 aromatic heterocycles. The molecule has 1 aromatic carbocycles. The summed E-state index contributed by atoms with van der Waals surface area (Å²) in [7, 11) is 0. The number of hydrogen-bond donors (Lipinski definition) is 0. The van der Waals surface area contributed by atoms with Gasteiger partial charge in [0.25, 0.3) is 0 Å². The summed E-state index contributed by atoms with van der Waals surface area (Å²) in [5, 5.41) is 0.827. The predicted molar refractivity (Wildman–Crippen MR) is 61.1 cm³/mol. The number of hydrogen-bond acceptors (Lipinski definition) is 1. The maximum absolute atomic E-state index is 13.5. The molecule has 0 unspecified atom stereocenters. The molecule has 2 rings (SSSR count). The lowest BCUT2D eigenvalue weighted by Gasteiger charge is -2.07.